The molecule has 5 nitrogen and oxygen atoms in total. The molecule has 0 fully saturated rings. The predicted octanol–water partition coefficient (Wildman–Crippen LogP) is 3.11. The Bertz CT molecular complexity index is 291. The standard InChI is InChI=1S/C14H28BrNO4/c1-11(2)18-7-8-19-14(6,9-15)10-16-12(17)20-13(3,4)5/h11H,7-10H2,1-6H3,(H,16,17). The largest absolute Gasteiger partial charge is 0.444 e. The van der Waals surface area contributed by atoms with Gasteiger partial charge in [-0.3, -0.25) is 0 Å². The van der Waals surface area contributed by atoms with Crippen LogP contribution in [0.5, 0.6) is 0 Å². The van der Waals surface area contributed by atoms with E-state index in [9.17, 15) is 4.79 Å². The molecule has 1 amide bonds. The fourth-order valence-electron chi connectivity index (χ4n) is 1.28. The minimum atomic E-state index is -0.499. The average molecular weight is 354 g/mol. The zero-order valence-corrected chi connectivity index (χ0v) is 15.0. The summed E-state index contributed by atoms with van der Waals surface area (Å²) in [4.78, 5) is 11.6. The van der Waals surface area contributed by atoms with Crippen molar-refractivity contribution in [2.24, 2.45) is 0 Å². The van der Waals surface area contributed by atoms with Gasteiger partial charge in [-0.05, 0) is 41.5 Å². The molecule has 0 aromatic carbocycles. The van der Waals surface area contributed by atoms with Gasteiger partial charge < -0.3 is 19.5 Å². The van der Waals surface area contributed by atoms with Crippen LogP contribution < -0.4 is 5.32 Å². The van der Waals surface area contributed by atoms with Crippen LogP contribution in [0.4, 0.5) is 4.79 Å². The van der Waals surface area contributed by atoms with E-state index in [2.05, 4.69) is 21.2 Å². The van der Waals surface area contributed by atoms with E-state index in [1.165, 1.54) is 0 Å². The zero-order valence-electron chi connectivity index (χ0n) is 13.4. The van der Waals surface area contributed by atoms with Crippen LogP contribution in [-0.2, 0) is 14.2 Å². The first-order valence-electron chi connectivity index (χ1n) is 6.86. The third-order valence-corrected chi connectivity index (χ3v) is 3.46. The molecule has 0 aliphatic rings. The van der Waals surface area contributed by atoms with Gasteiger partial charge in [0.1, 0.15) is 5.60 Å². The van der Waals surface area contributed by atoms with Gasteiger partial charge in [0.15, 0.2) is 0 Å². The number of alkyl halides is 1. The second kappa shape index (κ2) is 8.85. The summed E-state index contributed by atoms with van der Waals surface area (Å²) in [6.07, 6.45) is -0.250. The Morgan fingerprint density at radius 3 is 2.25 bits per heavy atom. The van der Waals surface area contributed by atoms with Crippen molar-refractivity contribution in [3.05, 3.63) is 0 Å². The molecule has 0 aromatic heterocycles. The monoisotopic (exact) mass is 353 g/mol. The van der Waals surface area contributed by atoms with Crippen LogP contribution in [0.1, 0.15) is 41.5 Å². The van der Waals surface area contributed by atoms with Crippen molar-refractivity contribution in [1.29, 1.82) is 0 Å². The molecule has 1 N–H and O–H groups in total. The molecule has 1 unspecified atom stereocenters. The fraction of sp³-hybridized carbons (Fsp3) is 0.929. The van der Waals surface area contributed by atoms with Crippen molar-refractivity contribution < 1.29 is 19.0 Å². The Hall–Kier alpha value is -0.330. The maximum absolute atomic E-state index is 11.6. The van der Waals surface area contributed by atoms with Gasteiger partial charge in [0.2, 0.25) is 0 Å². The fourth-order valence-corrected chi connectivity index (χ4v) is 1.64. The SMILES string of the molecule is CC(C)OCCOC(C)(CBr)CNC(=O)OC(C)(C)C. The third-order valence-electron chi connectivity index (χ3n) is 2.27. The van der Waals surface area contributed by atoms with Gasteiger partial charge in [0.25, 0.3) is 0 Å². The summed E-state index contributed by atoms with van der Waals surface area (Å²) in [5, 5.41) is 3.33. The number of alkyl carbamates (subject to hydrolysis) is 1. The number of halogens is 1. The highest BCUT2D eigenvalue weighted by Gasteiger charge is 2.26. The molecule has 120 valence electrons. The Balaban J connectivity index is 4.07. The molecule has 0 aromatic rings. The Morgan fingerprint density at radius 1 is 1.20 bits per heavy atom. The Labute approximate surface area is 130 Å². The molecule has 20 heavy (non-hydrogen) atoms. The van der Waals surface area contributed by atoms with E-state index in [-0.39, 0.29) is 6.10 Å². The molecule has 0 rings (SSSR count). The first-order chi connectivity index (χ1) is 9.08. The molecule has 0 radical (unpaired) electrons. The first kappa shape index (κ1) is 19.7. The van der Waals surface area contributed by atoms with E-state index < -0.39 is 17.3 Å². The van der Waals surface area contributed by atoms with Crippen molar-refractivity contribution >= 4 is 22.0 Å². The topological polar surface area (TPSA) is 56.8 Å². The number of amides is 1. The number of ether oxygens (including phenoxy) is 3. The summed E-state index contributed by atoms with van der Waals surface area (Å²) < 4.78 is 16.4. The minimum Gasteiger partial charge on any atom is -0.444 e. The van der Waals surface area contributed by atoms with Crippen LogP contribution in [-0.4, -0.2) is 48.5 Å². The number of hydrogen-bond donors (Lipinski definition) is 1. The summed E-state index contributed by atoms with van der Waals surface area (Å²) in [5.74, 6) is 0. The normalized spacial score (nSPS) is 15.0. The second-order valence-corrected chi connectivity index (χ2v) is 6.77. The maximum atomic E-state index is 11.6. The van der Waals surface area contributed by atoms with E-state index >= 15 is 0 Å². The zero-order chi connectivity index (χ0) is 15.8. The van der Waals surface area contributed by atoms with Crippen LogP contribution in [0.15, 0.2) is 0 Å². The molecule has 0 saturated carbocycles. The van der Waals surface area contributed by atoms with Crippen molar-refractivity contribution in [3.8, 4) is 0 Å². The third kappa shape index (κ3) is 10.5. The van der Waals surface area contributed by atoms with Crippen LogP contribution >= 0.6 is 15.9 Å². The lowest BCUT2D eigenvalue weighted by Crippen LogP contribution is -2.46. The molecule has 1 atom stereocenters. The lowest BCUT2D eigenvalue weighted by molar-refractivity contribution is -0.0514. The molecular weight excluding hydrogens is 326 g/mol. The molecule has 0 spiro atoms. The quantitative estimate of drug-likeness (QED) is 0.538. The average Bonchev–Trinajstić information content (AvgIpc) is 2.30. The Morgan fingerprint density at radius 2 is 1.80 bits per heavy atom. The summed E-state index contributed by atoms with van der Waals surface area (Å²) in [7, 11) is 0. The van der Waals surface area contributed by atoms with Crippen molar-refractivity contribution in [2.45, 2.75) is 58.8 Å². The molecule has 0 heterocycles. The predicted molar refractivity (Wildman–Crippen MR) is 83.5 cm³/mol. The van der Waals surface area contributed by atoms with E-state index in [0.29, 0.717) is 25.1 Å². The lowest BCUT2D eigenvalue weighted by Gasteiger charge is -2.29. The second-order valence-electron chi connectivity index (χ2n) is 6.21. The van der Waals surface area contributed by atoms with Gasteiger partial charge in [-0.15, -0.1) is 0 Å². The summed E-state index contributed by atoms with van der Waals surface area (Å²) >= 11 is 3.41. The highest BCUT2D eigenvalue weighted by Crippen LogP contribution is 2.13. The van der Waals surface area contributed by atoms with E-state index in [4.69, 9.17) is 14.2 Å². The van der Waals surface area contributed by atoms with Crippen LogP contribution in [0.3, 0.4) is 0 Å². The summed E-state index contributed by atoms with van der Waals surface area (Å²) in [6, 6.07) is 0. The van der Waals surface area contributed by atoms with Gasteiger partial charge in [0, 0.05) is 5.33 Å². The number of hydrogen-bond acceptors (Lipinski definition) is 4. The molecule has 0 saturated heterocycles. The number of carbonyl (C=O) groups excluding carboxylic acids is 1. The summed E-state index contributed by atoms with van der Waals surface area (Å²) in [6.45, 7) is 12.8. The highest BCUT2D eigenvalue weighted by molar-refractivity contribution is 9.09. The molecule has 0 aliphatic carbocycles. The first-order valence-corrected chi connectivity index (χ1v) is 7.98. The van der Waals surface area contributed by atoms with Crippen molar-refractivity contribution in [2.75, 3.05) is 25.1 Å². The molecular formula is C14H28BrNO4. The van der Waals surface area contributed by atoms with E-state index in [1.54, 1.807) is 0 Å². The smallest absolute Gasteiger partial charge is 0.407 e. The van der Waals surface area contributed by atoms with Gasteiger partial charge in [-0.2, -0.15) is 0 Å². The van der Waals surface area contributed by atoms with Gasteiger partial charge in [0.05, 0.1) is 31.5 Å². The van der Waals surface area contributed by atoms with E-state index in [0.717, 1.165) is 0 Å². The molecule has 0 bridgehead atoms. The highest BCUT2D eigenvalue weighted by atomic mass is 79.9. The van der Waals surface area contributed by atoms with Crippen molar-refractivity contribution in [1.82, 2.24) is 5.32 Å². The molecule has 0 aliphatic heterocycles. The Kier molecular flexibility index (Phi) is 8.70. The van der Waals surface area contributed by atoms with Crippen molar-refractivity contribution in [3.63, 3.8) is 0 Å². The number of carbonyl (C=O) groups is 1. The number of rotatable bonds is 8. The van der Waals surface area contributed by atoms with Gasteiger partial charge in [-0.1, -0.05) is 15.9 Å². The van der Waals surface area contributed by atoms with Crippen LogP contribution in [0, 0.1) is 0 Å². The van der Waals surface area contributed by atoms with E-state index in [1.807, 2.05) is 41.5 Å². The maximum Gasteiger partial charge on any atom is 0.407 e. The lowest BCUT2D eigenvalue weighted by atomic mass is 10.1. The number of nitrogens with one attached hydrogen (secondary N) is 1. The van der Waals surface area contributed by atoms with Crippen LogP contribution in [0.2, 0.25) is 0 Å². The van der Waals surface area contributed by atoms with Gasteiger partial charge >= 0.3 is 6.09 Å². The summed E-state index contributed by atoms with van der Waals surface area (Å²) in [5.41, 5.74) is -0.988. The molecule has 6 heteroatoms. The minimum absolute atomic E-state index is 0.189. The van der Waals surface area contributed by atoms with Crippen LogP contribution in [0.25, 0.3) is 0 Å². The van der Waals surface area contributed by atoms with Gasteiger partial charge in [-0.25, -0.2) is 4.79 Å².